The van der Waals surface area contributed by atoms with Gasteiger partial charge < -0.3 is 11.1 Å². The van der Waals surface area contributed by atoms with E-state index in [1.807, 2.05) is 18.2 Å². The van der Waals surface area contributed by atoms with E-state index in [1.165, 1.54) is 35.1 Å². The third-order valence-corrected chi connectivity index (χ3v) is 5.45. The molecule has 0 atom stereocenters. The van der Waals surface area contributed by atoms with Gasteiger partial charge in [0, 0.05) is 21.8 Å². The summed E-state index contributed by atoms with van der Waals surface area (Å²) in [7, 11) is 0. The summed E-state index contributed by atoms with van der Waals surface area (Å²) < 4.78 is 0.942. The number of amides is 1. The van der Waals surface area contributed by atoms with E-state index in [4.69, 9.17) is 17.3 Å². The molecule has 1 heterocycles. The third-order valence-electron chi connectivity index (χ3n) is 3.79. The molecule has 1 amide bonds. The molecule has 1 aromatic heterocycles. The van der Waals surface area contributed by atoms with E-state index in [-0.39, 0.29) is 17.3 Å². The van der Waals surface area contributed by atoms with Crippen LogP contribution in [0.25, 0.3) is 10.1 Å². The fraction of sp³-hybridized carbons (Fsp3) is 0.118. The number of nitrogens with one attached hydrogen (secondary N) is 1. The number of nitrogens with two attached hydrogens (primary N) is 1. The number of aryl methyl sites for hydroxylation is 1. The molecule has 0 fully saturated rings. The number of nitro benzene ring substituents is 1. The molecule has 3 N–H and O–H groups in total. The van der Waals surface area contributed by atoms with Gasteiger partial charge in [-0.25, -0.2) is 0 Å². The minimum Gasteiger partial charge on any atom is -0.393 e. The van der Waals surface area contributed by atoms with Crippen LogP contribution in [-0.2, 0) is 6.42 Å². The second kappa shape index (κ2) is 6.70. The Morgan fingerprint density at radius 2 is 2.08 bits per heavy atom. The van der Waals surface area contributed by atoms with Crippen LogP contribution in [0.15, 0.2) is 36.4 Å². The van der Waals surface area contributed by atoms with E-state index < -0.39 is 4.92 Å². The van der Waals surface area contributed by atoms with Crippen molar-refractivity contribution in [2.24, 2.45) is 0 Å². The van der Waals surface area contributed by atoms with Crippen molar-refractivity contribution in [3.8, 4) is 0 Å². The molecule has 0 aliphatic carbocycles. The number of hydrogen-bond donors (Lipinski definition) is 2. The molecule has 3 rings (SSSR count). The Labute approximate surface area is 152 Å². The highest BCUT2D eigenvalue weighted by Gasteiger charge is 2.18. The SMILES string of the molecule is CCc1ccc2c(Cl)c(C(=O)Nc3ccc([N+](=O)[O-])c(N)c3)sc2c1. The molecule has 0 aliphatic rings. The van der Waals surface area contributed by atoms with Gasteiger partial charge in [0.15, 0.2) is 0 Å². The number of thiophene rings is 1. The molecule has 25 heavy (non-hydrogen) atoms. The largest absolute Gasteiger partial charge is 0.393 e. The average molecular weight is 376 g/mol. The number of nitrogens with zero attached hydrogens (tertiary/aromatic N) is 1. The molecular formula is C17H14ClN3O3S. The number of carbonyl (C=O) groups is 1. The van der Waals surface area contributed by atoms with Crippen LogP contribution in [0.1, 0.15) is 22.2 Å². The Morgan fingerprint density at radius 3 is 2.72 bits per heavy atom. The molecule has 0 saturated carbocycles. The monoisotopic (exact) mass is 375 g/mol. The minimum absolute atomic E-state index is 0.0159. The molecule has 128 valence electrons. The van der Waals surface area contributed by atoms with Gasteiger partial charge in [0.05, 0.1) is 9.95 Å². The highest BCUT2D eigenvalue weighted by molar-refractivity contribution is 7.21. The van der Waals surface area contributed by atoms with Gasteiger partial charge in [-0.15, -0.1) is 11.3 Å². The van der Waals surface area contributed by atoms with E-state index in [9.17, 15) is 14.9 Å². The van der Waals surface area contributed by atoms with Gasteiger partial charge in [-0.1, -0.05) is 30.7 Å². The standard InChI is InChI=1S/C17H14ClN3O3S/c1-2-9-3-5-11-14(7-9)25-16(15(11)18)17(22)20-10-4-6-13(21(23)24)12(19)8-10/h3-8H,2,19H2,1H3,(H,20,22). The zero-order valence-corrected chi connectivity index (χ0v) is 14.8. The summed E-state index contributed by atoms with van der Waals surface area (Å²) in [5.74, 6) is -0.377. The van der Waals surface area contributed by atoms with Crippen molar-refractivity contribution in [1.29, 1.82) is 0 Å². The van der Waals surface area contributed by atoms with Crippen molar-refractivity contribution in [2.45, 2.75) is 13.3 Å². The third kappa shape index (κ3) is 3.29. The lowest BCUT2D eigenvalue weighted by Crippen LogP contribution is -2.11. The maximum absolute atomic E-state index is 12.5. The quantitative estimate of drug-likeness (QED) is 0.386. The fourth-order valence-electron chi connectivity index (χ4n) is 2.46. The van der Waals surface area contributed by atoms with Crippen LogP contribution in [0.3, 0.4) is 0 Å². The van der Waals surface area contributed by atoms with E-state index in [0.29, 0.717) is 15.6 Å². The van der Waals surface area contributed by atoms with Crippen LogP contribution in [-0.4, -0.2) is 10.8 Å². The van der Waals surface area contributed by atoms with Crippen molar-refractivity contribution in [2.75, 3.05) is 11.1 Å². The summed E-state index contributed by atoms with van der Waals surface area (Å²) in [5, 5.41) is 14.7. The van der Waals surface area contributed by atoms with Crippen molar-refractivity contribution in [3.05, 3.63) is 62.0 Å². The number of benzene rings is 2. The Morgan fingerprint density at radius 1 is 1.32 bits per heavy atom. The maximum atomic E-state index is 12.5. The first-order valence-corrected chi connectivity index (χ1v) is 8.66. The van der Waals surface area contributed by atoms with Gasteiger partial charge in [0.2, 0.25) is 0 Å². The summed E-state index contributed by atoms with van der Waals surface area (Å²) in [5.41, 5.74) is 6.96. The lowest BCUT2D eigenvalue weighted by molar-refractivity contribution is -0.383. The van der Waals surface area contributed by atoms with Crippen molar-refractivity contribution >= 4 is 56.0 Å². The van der Waals surface area contributed by atoms with Gasteiger partial charge in [0.25, 0.3) is 11.6 Å². The molecule has 8 heteroatoms. The van der Waals surface area contributed by atoms with Crippen LogP contribution < -0.4 is 11.1 Å². The van der Waals surface area contributed by atoms with Gasteiger partial charge in [-0.05, 0) is 30.2 Å². The van der Waals surface area contributed by atoms with E-state index >= 15 is 0 Å². The first-order chi connectivity index (χ1) is 11.9. The number of anilines is 2. The summed E-state index contributed by atoms with van der Waals surface area (Å²) >= 11 is 7.66. The molecule has 0 aliphatic heterocycles. The molecule has 0 unspecified atom stereocenters. The summed E-state index contributed by atoms with van der Waals surface area (Å²) in [6, 6.07) is 9.96. The topological polar surface area (TPSA) is 98.3 Å². The Bertz CT molecular complexity index is 1000. The van der Waals surface area contributed by atoms with Crippen molar-refractivity contribution < 1.29 is 9.72 Å². The second-order valence-electron chi connectivity index (χ2n) is 5.41. The molecule has 0 bridgehead atoms. The predicted octanol–water partition coefficient (Wildman–Crippen LogP) is 4.86. The molecule has 3 aromatic rings. The van der Waals surface area contributed by atoms with Crippen LogP contribution >= 0.6 is 22.9 Å². The number of nitro groups is 1. The lowest BCUT2D eigenvalue weighted by Gasteiger charge is -2.05. The number of hydrogen-bond acceptors (Lipinski definition) is 5. The second-order valence-corrected chi connectivity index (χ2v) is 6.84. The molecular weight excluding hydrogens is 362 g/mol. The van der Waals surface area contributed by atoms with Crippen molar-refractivity contribution in [1.82, 2.24) is 0 Å². The smallest absolute Gasteiger partial charge is 0.292 e. The van der Waals surface area contributed by atoms with Crippen LogP contribution in [0.5, 0.6) is 0 Å². The number of fused-ring (bicyclic) bond motifs is 1. The minimum atomic E-state index is -0.574. The van der Waals surface area contributed by atoms with Gasteiger partial charge >= 0.3 is 0 Å². The zero-order valence-electron chi connectivity index (χ0n) is 13.2. The van der Waals surface area contributed by atoms with Crippen LogP contribution in [0, 0.1) is 10.1 Å². The molecule has 0 radical (unpaired) electrons. The zero-order chi connectivity index (χ0) is 18.1. The van der Waals surface area contributed by atoms with Crippen LogP contribution in [0.2, 0.25) is 5.02 Å². The fourth-order valence-corrected chi connectivity index (χ4v) is 3.94. The van der Waals surface area contributed by atoms with Crippen molar-refractivity contribution in [3.63, 3.8) is 0 Å². The number of rotatable bonds is 4. The van der Waals surface area contributed by atoms with E-state index in [1.54, 1.807) is 0 Å². The number of carbonyl (C=O) groups excluding carboxylic acids is 1. The van der Waals surface area contributed by atoms with Gasteiger partial charge in [-0.2, -0.15) is 0 Å². The number of nitrogen functional groups attached to an aromatic ring is 1. The van der Waals surface area contributed by atoms with Gasteiger partial charge in [0.1, 0.15) is 10.6 Å². The highest BCUT2D eigenvalue weighted by Crippen LogP contribution is 2.36. The number of halogens is 1. The highest BCUT2D eigenvalue weighted by atomic mass is 35.5. The van der Waals surface area contributed by atoms with E-state index in [2.05, 4.69) is 12.2 Å². The summed E-state index contributed by atoms with van der Waals surface area (Å²) in [6.07, 6.45) is 0.898. The predicted molar refractivity (Wildman–Crippen MR) is 102 cm³/mol. The Balaban J connectivity index is 1.91. The average Bonchev–Trinajstić information content (AvgIpc) is 2.91. The van der Waals surface area contributed by atoms with E-state index in [0.717, 1.165) is 16.5 Å². The maximum Gasteiger partial charge on any atom is 0.292 e. The Hall–Kier alpha value is -2.64. The Kier molecular flexibility index (Phi) is 4.61. The first-order valence-electron chi connectivity index (χ1n) is 7.47. The summed E-state index contributed by atoms with van der Waals surface area (Å²) in [6.45, 7) is 2.06. The normalized spacial score (nSPS) is 10.8. The first kappa shape index (κ1) is 17.2. The molecule has 0 saturated heterocycles. The summed E-state index contributed by atoms with van der Waals surface area (Å²) in [4.78, 5) is 23.1. The lowest BCUT2D eigenvalue weighted by atomic mass is 10.1. The molecule has 2 aromatic carbocycles. The molecule has 0 spiro atoms. The molecule has 6 nitrogen and oxygen atoms in total. The van der Waals surface area contributed by atoms with Gasteiger partial charge in [-0.3, -0.25) is 14.9 Å². The van der Waals surface area contributed by atoms with Crippen LogP contribution in [0.4, 0.5) is 17.1 Å².